The van der Waals surface area contributed by atoms with E-state index in [1.54, 1.807) is 14.2 Å². The standard InChI is InChI=1S/C43H60O7Si/c1-32-17-20-35(23-25-44)49-42(32)30-37(46-6)28-38-29-39(27-36(48-38)24-26-47-31-33-18-21-34(45-5)22-19-33)50-51(43(2,3)4,40-13-9-7-10-14-40)41-15-11-8-12-16-41/h7-16,18-19,21-22,25,32,35-39,42H,17,20,23-24,26-31H2,1-6H3/t32-,35-,36-,37+,38+,39-,42+/m0/s1. The molecule has 7 nitrogen and oxygen atoms in total. The molecule has 0 spiro atoms. The molecule has 51 heavy (non-hydrogen) atoms. The first-order valence-electron chi connectivity index (χ1n) is 18.9. The van der Waals surface area contributed by atoms with Crippen LogP contribution >= 0.6 is 0 Å². The van der Waals surface area contributed by atoms with Gasteiger partial charge in [0.05, 0.1) is 50.3 Å². The third-order valence-electron chi connectivity index (χ3n) is 10.9. The van der Waals surface area contributed by atoms with E-state index in [1.807, 2.05) is 24.3 Å². The van der Waals surface area contributed by atoms with Crippen molar-refractivity contribution in [2.24, 2.45) is 5.92 Å². The third-order valence-corrected chi connectivity index (χ3v) is 16.0. The van der Waals surface area contributed by atoms with E-state index in [-0.39, 0.29) is 41.7 Å². The second-order valence-corrected chi connectivity index (χ2v) is 19.8. The monoisotopic (exact) mass is 716 g/mol. The lowest BCUT2D eigenvalue weighted by Crippen LogP contribution is -2.68. The molecule has 2 aliphatic rings. The topological polar surface area (TPSA) is 72.5 Å². The Labute approximate surface area is 307 Å². The summed E-state index contributed by atoms with van der Waals surface area (Å²) in [6.45, 7) is 10.4. The minimum Gasteiger partial charge on any atom is -0.497 e. The van der Waals surface area contributed by atoms with Gasteiger partial charge >= 0.3 is 0 Å². The van der Waals surface area contributed by atoms with E-state index in [0.29, 0.717) is 25.6 Å². The minimum atomic E-state index is -2.77. The van der Waals surface area contributed by atoms with Crippen LogP contribution in [0.15, 0.2) is 84.9 Å². The molecule has 0 saturated carbocycles. The zero-order valence-corrected chi connectivity index (χ0v) is 32.6. The molecule has 0 amide bonds. The Kier molecular flexibility index (Phi) is 14.5. The van der Waals surface area contributed by atoms with E-state index < -0.39 is 8.32 Å². The predicted molar refractivity (Wildman–Crippen MR) is 205 cm³/mol. The van der Waals surface area contributed by atoms with E-state index in [1.165, 1.54) is 10.4 Å². The summed E-state index contributed by atoms with van der Waals surface area (Å²) >= 11 is 0. The first-order chi connectivity index (χ1) is 24.6. The third kappa shape index (κ3) is 10.4. The molecule has 0 aromatic heterocycles. The van der Waals surface area contributed by atoms with Crippen LogP contribution in [0.25, 0.3) is 0 Å². The van der Waals surface area contributed by atoms with Crippen molar-refractivity contribution in [1.82, 2.24) is 0 Å². The molecule has 2 saturated heterocycles. The molecule has 2 heterocycles. The second-order valence-electron chi connectivity index (χ2n) is 15.5. The Morgan fingerprint density at radius 2 is 1.47 bits per heavy atom. The molecule has 2 fully saturated rings. The highest BCUT2D eigenvalue weighted by molar-refractivity contribution is 6.99. The summed E-state index contributed by atoms with van der Waals surface area (Å²) in [7, 11) is 0.704. The summed E-state index contributed by atoms with van der Waals surface area (Å²) in [6, 6.07) is 29.8. The maximum atomic E-state index is 11.3. The van der Waals surface area contributed by atoms with Gasteiger partial charge in [-0.2, -0.15) is 0 Å². The first-order valence-corrected chi connectivity index (χ1v) is 20.8. The van der Waals surface area contributed by atoms with Gasteiger partial charge in [-0.25, -0.2) is 0 Å². The average molecular weight is 717 g/mol. The fraction of sp³-hybridized carbons (Fsp3) is 0.558. The van der Waals surface area contributed by atoms with Gasteiger partial charge < -0.3 is 32.9 Å². The number of benzene rings is 3. The highest BCUT2D eigenvalue weighted by atomic mass is 28.4. The summed E-state index contributed by atoms with van der Waals surface area (Å²) < 4.78 is 38.6. The lowest BCUT2D eigenvalue weighted by atomic mass is 9.87. The van der Waals surface area contributed by atoms with Crippen LogP contribution < -0.4 is 15.1 Å². The van der Waals surface area contributed by atoms with Crippen LogP contribution in [0.1, 0.15) is 84.6 Å². The van der Waals surface area contributed by atoms with Gasteiger partial charge in [0, 0.05) is 26.6 Å². The van der Waals surface area contributed by atoms with Crippen molar-refractivity contribution in [3.8, 4) is 5.75 Å². The highest BCUT2D eigenvalue weighted by Crippen LogP contribution is 2.40. The van der Waals surface area contributed by atoms with Crippen molar-refractivity contribution >= 4 is 25.0 Å². The fourth-order valence-corrected chi connectivity index (χ4v) is 12.8. The van der Waals surface area contributed by atoms with E-state index in [2.05, 4.69) is 88.4 Å². The van der Waals surface area contributed by atoms with Gasteiger partial charge in [-0.1, -0.05) is 100 Å². The molecule has 8 heteroatoms. The van der Waals surface area contributed by atoms with Gasteiger partial charge in [0.25, 0.3) is 8.32 Å². The number of ether oxygens (including phenoxy) is 5. The van der Waals surface area contributed by atoms with Gasteiger partial charge in [-0.05, 0) is 77.6 Å². The van der Waals surface area contributed by atoms with Crippen LogP contribution in [-0.4, -0.2) is 72.1 Å². The molecular weight excluding hydrogens is 657 g/mol. The Morgan fingerprint density at radius 3 is 2.06 bits per heavy atom. The van der Waals surface area contributed by atoms with Crippen LogP contribution in [0.4, 0.5) is 0 Å². The van der Waals surface area contributed by atoms with Gasteiger partial charge in [-0.15, -0.1) is 0 Å². The van der Waals surface area contributed by atoms with Crippen LogP contribution in [0.3, 0.4) is 0 Å². The molecule has 0 unspecified atom stereocenters. The van der Waals surface area contributed by atoms with Crippen molar-refractivity contribution in [1.29, 1.82) is 0 Å². The average Bonchev–Trinajstić information content (AvgIpc) is 3.14. The molecule has 5 rings (SSSR count). The summed E-state index contributed by atoms with van der Waals surface area (Å²) in [5.74, 6) is 1.26. The van der Waals surface area contributed by atoms with Crippen LogP contribution in [0.2, 0.25) is 5.04 Å². The quantitative estimate of drug-likeness (QED) is 0.0807. The van der Waals surface area contributed by atoms with Crippen molar-refractivity contribution in [3.63, 3.8) is 0 Å². The number of carbonyl (C=O) groups excluding carboxylic acids is 1. The zero-order valence-electron chi connectivity index (χ0n) is 31.6. The Balaban J connectivity index is 1.36. The fourth-order valence-electron chi connectivity index (χ4n) is 8.06. The Bertz CT molecular complexity index is 1410. The largest absolute Gasteiger partial charge is 0.497 e. The number of aldehydes is 1. The van der Waals surface area contributed by atoms with Gasteiger partial charge in [-0.3, -0.25) is 0 Å². The van der Waals surface area contributed by atoms with Crippen molar-refractivity contribution < 1.29 is 32.9 Å². The summed E-state index contributed by atoms with van der Waals surface area (Å²) in [4.78, 5) is 11.3. The van der Waals surface area contributed by atoms with E-state index >= 15 is 0 Å². The number of carbonyl (C=O) groups is 1. The van der Waals surface area contributed by atoms with Crippen LogP contribution in [0.5, 0.6) is 5.75 Å². The molecular formula is C43H60O7Si. The van der Waals surface area contributed by atoms with Crippen molar-refractivity contribution in [2.75, 3.05) is 20.8 Å². The lowest BCUT2D eigenvalue weighted by molar-refractivity contribution is -0.132. The number of rotatable bonds is 17. The molecule has 0 N–H and O–H groups in total. The molecule has 278 valence electrons. The van der Waals surface area contributed by atoms with E-state index in [0.717, 1.165) is 62.5 Å². The minimum absolute atomic E-state index is 0.000902. The zero-order chi connectivity index (χ0) is 36.3. The number of methoxy groups -OCH3 is 2. The molecule has 7 atom stereocenters. The Morgan fingerprint density at radius 1 is 0.824 bits per heavy atom. The predicted octanol–water partition coefficient (Wildman–Crippen LogP) is 7.66. The SMILES string of the molecule is COc1ccc(COCC[C@H]2C[C@H](O[Si](c3ccccc3)(c3ccccc3)C(C)(C)C)C[C@@H](C[C@H](C[C@H]3O[C@H](CC=O)CC[C@@H]3C)OC)O2)cc1. The number of hydrogen-bond donors (Lipinski definition) is 0. The van der Waals surface area contributed by atoms with Gasteiger partial charge in [0.15, 0.2) is 0 Å². The van der Waals surface area contributed by atoms with Crippen molar-refractivity contribution in [2.45, 2.75) is 127 Å². The normalized spacial score (nSPS) is 24.9. The molecule has 0 radical (unpaired) electrons. The molecule has 2 aliphatic heterocycles. The maximum absolute atomic E-state index is 11.3. The lowest BCUT2D eigenvalue weighted by Gasteiger charge is -2.47. The first kappa shape index (κ1) is 39.4. The van der Waals surface area contributed by atoms with E-state index in [4.69, 9.17) is 28.1 Å². The van der Waals surface area contributed by atoms with E-state index in [9.17, 15) is 4.79 Å². The second kappa shape index (κ2) is 18.8. The molecule has 3 aromatic carbocycles. The van der Waals surface area contributed by atoms with Crippen LogP contribution in [0, 0.1) is 5.92 Å². The maximum Gasteiger partial charge on any atom is 0.261 e. The molecule has 0 bridgehead atoms. The van der Waals surface area contributed by atoms with Gasteiger partial charge in [0.1, 0.15) is 12.0 Å². The summed E-state index contributed by atoms with van der Waals surface area (Å²) in [5.41, 5.74) is 1.11. The number of hydrogen-bond acceptors (Lipinski definition) is 7. The van der Waals surface area contributed by atoms with Gasteiger partial charge in [0.2, 0.25) is 0 Å². The molecule has 3 aromatic rings. The highest BCUT2D eigenvalue weighted by Gasteiger charge is 2.52. The molecule has 0 aliphatic carbocycles. The summed E-state index contributed by atoms with van der Waals surface area (Å²) in [6.07, 6.45) is 7.32. The summed E-state index contributed by atoms with van der Waals surface area (Å²) in [5, 5.41) is 2.45. The van der Waals surface area contributed by atoms with Crippen LogP contribution in [-0.2, 0) is 34.8 Å². The van der Waals surface area contributed by atoms with Crippen molar-refractivity contribution in [3.05, 3.63) is 90.5 Å². The Hall–Kier alpha value is -2.85. The smallest absolute Gasteiger partial charge is 0.261 e.